The van der Waals surface area contributed by atoms with Gasteiger partial charge < -0.3 is 15.5 Å². The average Bonchev–Trinajstić information content (AvgIpc) is 2.60. The molecule has 2 amide bonds. The second kappa shape index (κ2) is 9.25. The van der Waals surface area contributed by atoms with Gasteiger partial charge in [0.25, 0.3) is 5.91 Å². The molecule has 1 aliphatic rings. The van der Waals surface area contributed by atoms with E-state index in [1.165, 1.54) is 0 Å². The number of rotatable bonds is 6. The van der Waals surface area contributed by atoms with E-state index in [1.54, 1.807) is 23.1 Å². The van der Waals surface area contributed by atoms with Crippen LogP contribution in [0.15, 0.2) is 18.2 Å². The largest absolute Gasteiger partial charge is 0.355 e. The number of hydrogen-bond donors (Lipinski definition) is 2. The maximum Gasteiger partial charge on any atom is 0.253 e. The first-order valence-corrected chi connectivity index (χ1v) is 9.01. The number of nitrogens with zero attached hydrogens (tertiary/aromatic N) is 1. The van der Waals surface area contributed by atoms with Crippen LogP contribution in [0.1, 0.15) is 30.1 Å². The van der Waals surface area contributed by atoms with Crippen LogP contribution in [0, 0.1) is 5.92 Å². The van der Waals surface area contributed by atoms with Gasteiger partial charge in [0.15, 0.2) is 0 Å². The summed E-state index contributed by atoms with van der Waals surface area (Å²) in [6.07, 6.45) is 1.62. The summed E-state index contributed by atoms with van der Waals surface area (Å²) < 4.78 is 0. The van der Waals surface area contributed by atoms with Crippen molar-refractivity contribution in [3.63, 3.8) is 0 Å². The molecule has 1 aliphatic heterocycles. The summed E-state index contributed by atoms with van der Waals surface area (Å²) in [5.41, 5.74) is 0.498. The van der Waals surface area contributed by atoms with Gasteiger partial charge in [-0.3, -0.25) is 9.59 Å². The first-order chi connectivity index (χ1) is 11.5. The Morgan fingerprint density at radius 1 is 1.25 bits per heavy atom. The van der Waals surface area contributed by atoms with Crippen LogP contribution >= 0.6 is 23.2 Å². The summed E-state index contributed by atoms with van der Waals surface area (Å²) in [7, 11) is 0. The average molecular weight is 372 g/mol. The molecule has 1 unspecified atom stereocenters. The molecule has 0 bridgehead atoms. The Morgan fingerprint density at radius 3 is 2.75 bits per heavy atom. The fourth-order valence-electron chi connectivity index (χ4n) is 2.78. The SMILES string of the molecule is CCNCCNC(=O)C1CCCN(C(=O)c2ccc(Cl)c(Cl)c2)C1. The van der Waals surface area contributed by atoms with Gasteiger partial charge in [-0.25, -0.2) is 0 Å². The van der Waals surface area contributed by atoms with Gasteiger partial charge in [0.1, 0.15) is 0 Å². The number of piperidine rings is 1. The number of amides is 2. The van der Waals surface area contributed by atoms with Crippen LogP contribution in [-0.4, -0.2) is 49.4 Å². The summed E-state index contributed by atoms with van der Waals surface area (Å²) >= 11 is 11.9. The Labute approximate surface area is 152 Å². The van der Waals surface area contributed by atoms with Crippen LogP contribution in [0.3, 0.4) is 0 Å². The van der Waals surface area contributed by atoms with Crippen LogP contribution in [0.4, 0.5) is 0 Å². The molecule has 5 nitrogen and oxygen atoms in total. The number of carbonyl (C=O) groups excluding carboxylic acids is 2. The standard InChI is InChI=1S/C17H23Cl2N3O2/c1-2-20-7-8-21-16(23)13-4-3-9-22(11-13)17(24)12-5-6-14(18)15(19)10-12/h5-6,10,13,20H,2-4,7-9,11H2,1H3,(H,21,23). The molecule has 1 fully saturated rings. The van der Waals surface area contributed by atoms with E-state index >= 15 is 0 Å². The predicted octanol–water partition coefficient (Wildman–Crippen LogP) is 2.57. The lowest BCUT2D eigenvalue weighted by atomic mass is 9.96. The highest BCUT2D eigenvalue weighted by Gasteiger charge is 2.28. The molecule has 0 saturated carbocycles. The van der Waals surface area contributed by atoms with Crippen LogP contribution in [0.2, 0.25) is 10.0 Å². The quantitative estimate of drug-likeness (QED) is 0.755. The normalized spacial score (nSPS) is 17.6. The van der Waals surface area contributed by atoms with Crippen molar-refractivity contribution in [2.45, 2.75) is 19.8 Å². The molecule has 1 heterocycles. The molecule has 0 aromatic heterocycles. The van der Waals surface area contributed by atoms with E-state index in [0.29, 0.717) is 35.2 Å². The van der Waals surface area contributed by atoms with Crippen LogP contribution in [0.25, 0.3) is 0 Å². The minimum Gasteiger partial charge on any atom is -0.355 e. The number of carbonyl (C=O) groups is 2. The first kappa shape index (κ1) is 19.0. The molecule has 0 aliphatic carbocycles. The van der Waals surface area contributed by atoms with Gasteiger partial charge in [-0.2, -0.15) is 0 Å². The van der Waals surface area contributed by atoms with Crippen LogP contribution in [-0.2, 0) is 4.79 Å². The van der Waals surface area contributed by atoms with E-state index in [9.17, 15) is 9.59 Å². The monoisotopic (exact) mass is 371 g/mol. The van der Waals surface area contributed by atoms with E-state index in [4.69, 9.17) is 23.2 Å². The number of hydrogen-bond acceptors (Lipinski definition) is 3. The maximum absolute atomic E-state index is 12.6. The van der Waals surface area contributed by atoms with Crippen molar-refractivity contribution in [2.75, 3.05) is 32.7 Å². The maximum atomic E-state index is 12.6. The Bertz CT molecular complexity index is 595. The smallest absolute Gasteiger partial charge is 0.253 e. The van der Waals surface area contributed by atoms with Gasteiger partial charge in [0, 0.05) is 31.7 Å². The van der Waals surface area contributed by atoms with Crippen molar-refractivity contribution in [1.29, 1.82) is 0 Å². The molecular weight excluding hydrogens is 349 g/mol. The molecular formula is C17H23Cl2N3O2. The summed E-state index contributed by atoms with van der Waals surface area (Å²) in [4.78, 5) is 26.6. The van der Waals surface area contributed by atoms with Crippen LogP contribution in [0.5, 0.6) is 0 Å². The lowest BCUT2D eigenvalue weighted by molar-refractivity contribution is -0.126. The highest BCUT2D eigenvalue weighted by molar-refractivity contribution is 6.42. The van der Waals surface area contributed by atoms with E-state index in [2.05, 4.69) is 10.6 Å². The Hall–Kier alpha value is -1.30. The van der Waals surface area contributed by atoms with Crippen molar-refractivity contribution in [2.24, 2.45) is 5.92 Å². The van der Waals surface area contributed by atoms with Crippen molar-refractivity contribution in [3.05, 3.63) is 33.8 Å². The molecule has 7 heteroatoms. The van der Waals surface area contributed by atoms with Crippen molar-refractivity contribution in [3.8, 4) is 0 Å². The molecule has 24 heavy (non-hydrogen) atoms. The summed E-state index contributed by atoms with van der Waals surface area (Å²) in [5, 5.41) is 6.87. The minimum atomic E-state index is -0.160. The zero-order chi connectivity index (χ0) is 17.5. The zero-order valence-electron chi connectivity index (χ0n) is 13.8. The lowest BCUT2D eigenvalue weighted by Crippen LogP contribution is -2.46. The number of benzene rings is 1. The van der Waals surface area contributed by atoms with Gasteiger partial charge in [-0.15, -0.1) is 0 Å². The number of halogens is 2. The predicted molar refractivity (Wildman–Crippen MR) is 96.6 cm³/mol. The fraction of sp³-hybridized carbons (Fsp3) is 0.529. The fourth-order valence-corrected chi connectivity index (χ4v) is 3.08. The summed E-state index contributed by atoms with van der Waals surface area (Å²) in [6, 6.07) is 4.86. The van der Waals surface area contributed by atoms with Gasteiger partial charge in [-0.1, -0.05) is 30.1 Å². The molecule has 0 radical (unpaired) electrons. The second-order valence-corrected chi connectivity index (χ2v) is 6.68. The third-order valence-corrected chi connectivity index (χ3v) is 4.84. The molecule has 2 rings (SSSR count). The number of nitrogens with one attached hydrogen (secondary N) is 2. The lowest BCUT2D eigenvalue weighted by Gasteiger charge is -2.32. The Balaban J connectivity index is 1.93. The van der Waals surface area contributed by atoms with Gasteiger partial charge in [0.2, 0.25) is 5.91 Å². The number of likely N-dealkylation sites (tertiary alicyclic amines) is 1. The van der Waals surface area contributed by atoms with Gasteiger partial charge >= 0.3 is 0 Å². The van der Waals surface area contributed by atoms with Crippen LogP contribution < -0.4 is 10.6 Å². The summed E-state index contributed by atoms with van der Waals surface area (Å²) in [6.45, 7) is 5.35. The Kier molecular flexibility index (Phi) is 7.34. The second-order valence-electron chi connectivity index (χ2n) is 5.86. The van der Waals surface area contributed by atoms with E-state index < -0.39 is 0 Å². The molecule has 1 aromatic rings. The van der Waals surface area contributed by atoms with E-state index in [1.807, 2.05) is 6.92 Å². The van der Waals surface area contributed by atoms with Crippen molar-refractivity contribution < 1.29 is 9.59 Å². The van der Waals surface area contributed by atoms with Gasteiger partial charge in [-0.05, 0) is 37.6 Å². The molecule has 132 valence electrons. The zero-order valence-corrected chi connectivity index (χ0v) is 15.3. The van der Waals surface area contributed by atoms with Crippen molar-refractivity contribution >= 4 is 35.0 Å². The third kappa shape index (κ3) is 5.10. The third-order valence-electron chi connectivity index (χ3n) is 4.10. The molecule has 0 spiro atoms. The van der Waals surface area contributed by atoms with E-state index in [-0.39, 0.29) is 17.7 Å². The Morgan fingerprint density at radius 2 is 2.04 bits per heavy atom. The molecule has 1 saturated heterocycles. The molecule has 2 N–H and O–H groups in total. The summed E-state index contributed by atoms with van der Waals surface area (Å²) in [5.74, 6) is -0.259. The van der Waals surface area contributed by atoms with Gasteiger partial charge in [0.05, 0.1) is 16.0 Å². The molecule has 1 atom stereocenters. The minimum absolute atomic E-state index is 0.0135. The highest BCUT2D eigenvalue weighted by Crippen LogP contribution is 2.25. The topological polar surface area (TPSA) is 61.4 Å². The molecule has 1 aromatic carbocycles. The number of likely N-dealkylation sites (N-methyl/N-ethyl adjacent to an activating group) is 1. The van der Waals surface area contributed by atoms with E-state index in [0.717, 1.165) is 25.9 Å². The van der Waals surface area contributed by atoms with Crippen molar-refractivity contribution in [1.82, 2.24) is 15.5 Å². The highest BCUT2D eigenvalue weighted by atomic mass is 35.5. The first-order valence-electron chi connectivity index (χ1n) is 8.25.